The van der Waals surface area contributed by atoms with Gasteiger partial charge in [-0.2, -0.15) is 0 Å². The summed E-state index contributed by atoms with van der Waals surface area (Å²) in [5, 5.41) is 0. The Morgan fingerprint density at radius 3 is 2.67 bits per heavy atom. The maximum Gasteiger partial charge on any atom is 0.223 e. The van der Waals surface area contributed by atoms with Gasteiger partial charge in [0.1, 0.15) is 5.78 Å². The maximum absolute atomic E-state index is 11.5. The Kier molecular flexibility index (Phi) is 4.79. The van der Waals surface area contributed by atoms with Crippen LogP contribution in [0.15, 0.2) is 0 Å². The Balaban J connectivity index is 2.25. The van der Waals surface area contributed by atoms with Gasteiger partial charge in [0.25, 0.3) is 0 Å². The number of Topliss-reactive ketones (excluding diaryl/α,β-unsaturated/α-hetero) is 1. The highest BCUT2D eigenvalue weighted by molar-refractivity contribution is 5.89. The third kappa shape index (κ3) is 3.65. The number of ketones is 1. The Labute approximate surface area is 91.8 Å². The smallest absolute Gasteiger partial charge is 0.223 e. The van der Waals surface area contributed by atoms with E-state index in [2.05, 4.69) is 6.92 Å². The average Bonchev–Trinajstić information content (AvgIpc) is 2.55. The number of nitrogens with zero attached hydrogens (tertiary/aromatic N) is 1. The zero-order chi connectivity index (χ0) is 11.3. The number of carbonyl (C=O) groups is 2. The van der Waals surface area contributed by atoms with Gasteiger partial charge in [0.05, 0.1) is 0 Å². The zero-order valence-corrected chi connectivity index (χ0v) is 9.79. The van der Waals surface area contributed by atoms with E-state index >= 15 is 0 Å². The summed E-state index contributed by atoms with van der Waals surface area (Å²) in [6.07, 6.45) is 5.14. The zero-order valence-electron chi connectivity index (χ0n) is 9.79. The summed E-state index contributed by atoms with van der Waals surface area (Å²) >= 11 is 0. The number of hydrogen-bond acceptors (Lipinski definition) is 2. The Morgan fingerprint density at radius 1 is 1.40 bits per heavy atom. The Hall–Kier alpha value is -0.860. The largest absolute Gasteiger partial charge is 0.342 e. The molecule has 1 atom stereocenters. The molecule has 1 heterocycles. The van der Waals surface area contributed by atoms with Gasteiger partial charge in [0.15, 0.2) is 0 Å². The van der Waals surface area contributed by atoms with Crippen molar-refractivity contribution in [2.75, 3.05) is 13.1 Å². The van der Waals surface area contributed by atoms with Crippen molar-refractivity contribution in [1.82, 2.24) is 4.90 Å². The molecule has 1 saturated heterocycles. The van der Waals surface area contributed by atoms with E-state index in [0.29, 0.717) is 13.0 Å². The van der Waals surface area contributed by atoms with Crippen LogP contribution in [-0.2, 0) is 9.59 Å². The highest BCUT2D eigenvalue weighted by Crippen LogP contribution is 2.19. The summed E-state index contributed by atoms with van der Waals surface area (Å²) in [4.78, 5) is 24.5. The van der Waals surface area contributed by atoms with Crippen LogP contribution in [0.2, 0.25) is 0 Å². The van der Waals surface area contributed by atoms with E-state index in [0.717, 1.165) is 13.0 Å². The van der Waals surface area contributed by atoms with Gasteiger partial charge in [-0.3, -0.25) is 9.59 Å². The van der Waals surface area contributed by atoms with E-state index in [1.54, 1.807) is 6.92 Å². The van der Waals surface area contributed by atoms with Crippen molar-refractivity contribution < 1.29 is 9.59 Å². The first-order valence-corrected chi connectivity index (χ1v) is 5.93. The van der Waals surface area contributed by atoms with Gasteiger partial charge in [-0.25, -0.2) is 0 Å². The van der Waals surface area contributed by atoms with Crippen LogP contribution in [0.25, 0.3) is 0 Å². The van der Waals surface area contributed by atoms with Gasteiger partial charge in [-0.15, -0.1) is 0 Å². The number of carbonyl (C=O) groups excluding carboxylic acids is 2. The van der Waals surface area contributed by atoms with Crippen LogP contribution in [0.1, 0.15) is 46.0 Å². The quantitative estimate of drug-likeness (QED) is 0.630. The molecule has 1 aliphatic heterocycles. The van der Waals surface area contributed by atoms with Crippen molar-refractivity contribution in [2.24, 2.45) is 5.92 Å². The van der Waals surface area contributed by atoms with Crippen LogP contribution >= 0.6 is 0 Å². The molecule has 0 aromatic rings. The van der Waals surface area contributed by atoms with Crippen LogP contribution < -0.4 is 0 Å². The van der Waals surface area contributed by atoms with Crippen molar-refractivity contribution in [1.29, 1.82) is 0 Å². The molecule has 86 valence electrons. The summed E-state index contributed by atoms with van der Waals surface area (Å²) in [5.74, 6) is 0.273. The second-order valence-corrected chi connectivity index (χ2v) is 4.41. The van der Waals surface area contributed by atoms with E-state index in [-0.39, 0.29) is 17.6 Å². The molecule has 0 aromatic heterocycles. The molecule has 0 spiro atoms. The van der Waals surface area contributed by atoms with Gasteiger partial charge < -0.3 is 4.90 Å². The molecule has 0 aliphatic carbocycles. The molecule has 0 N–H and O–H groups in total. The van der Waals surface area contributed by atoms with E-state index in [1.165, 1.54) is 19.3 Å². The van der Waals surface area contributed by atoms with Gasteiger partial charge in [-0.1, -0.05) is 26.2 Å². The molecule has 3 heteroatoms. The summed E-state index contributed by atoms with van der Waals surface area (Å²) in [7, 11) is 0. The van der Waals surface area contributed by atoms with Gasteiger partial charge in [-0.05, 0) is 13.3 Å². The van der Waals surface area contributed by atoms with Crippen molar-refractivity contribution in [2.45, 2.75) is 46.0 Å². The predicted molar refractivity (Wildman–Crippen MR) is 59.5 cm³/mol. The van der Waals surface area contributed by atoms with E-state index < -0.39 is 0 Å². The number of hydrogen-bond donors (Lipinski definition) is 0. The van der Waals surface area contributed by atoms with Crippen LogP contribution in [0.4, 0.5) is 0 Å². The molecule has 0 aromatic carbocycles. The van der Waals surface area contributed by atoms with Crippen molar-refractivity contribution in [3.8, 4) is 0 Å². The average molecular weight is 211 g/mol. The third-order valence-electron chi connectivity index (χ3n) is 3.07. The minimum Gasteiger partial charge on any atom is -0.342 e. The fourth-order valence-corrected chi connectivity index (χ4v) is 1.99. The van der Waals surface area contributed by atoms with E-state index in [9.17, 15) is 9.59 Å². The Bertz CT molecular complexity index is 238. The first-order valence-electron chi connectivity index (χ1n) is 5.93. The fourth-order valence-electron chi connectivity index (χ4n) is 1.99. The lowest BCUT2D eigenvalue weighted by molar-refractivity contribution is -0.128. The monoisotopic (exact) mass is 211 g/mol. The SMILES string of the molecule is CCCCCCN1CC(C(C)=O)CC1=O. The first-order chi connectivity index (χ1) is 7.15. The molecule has 3 nitrogen and oxygen atoms in total. The molecule has 0 saturated carbocycles. The lowest BCUT2D eigenvalue weighted by Crippen LogP contribution is -2.27. The minimum absolute atomic E-state index is 0.0383. The second kappa shape index (κ2) is 5.89. The van der Waals surface area contributed by atoms with Crippen LogP contribution in [0.3, 0.4) is 0 Å². The normalized spacial score (nSPS) is 21.1. The minimum atomic E-state index is -0.0383. The summed E-state index contributed by atoms with van der Waals surface area (Å²) in [6, 6.07) is 0. The topological polar surface area (TPSA) is 37.4 Å². The molecule has 0 radical (unpaired) electrons. The number of amides is 1. The molecular formula is C12H21NO2. The van der Waals surface area contributed by atoms with E-state index in [1.807, 2.05) is 4.90 Å². The first kappa shape index (κ1) is 12.2. The van der Waals surface area contributed by atoms with Gasteiger partial charge in [0, 0.05) is 25.4 Å². The van der Waals surface area contributed by atoms with Gasteiger partial charge >= 0.3 is 0 Å². The van der Waals surface area contributed by atoms with Crippen LogP contribution in [-0.4, -0.2) is 29.7 Å². The number of rotatable bonds is 6. The van der Waals surface area contributed by atoms with Crippen molar-refractivity contribution in [3.05, 3.63) is 0 Å². The second-order valence-electron chi connectivity index (χ2n) is 4.41. The molecule has 1 amide bonds. The number of likely N-dealkylation sites (tertiary alicyclic amines) is 1. The summed E-state index contributed by atoms with van der Waals surface area (Å²) in [5.41, 5.74) is 0. The highest BCUT2D eigenvalue weighted by atomic mass is 16.2. The van der Waals surface area contributed by atoms with Crippen molar-refractivity contribution >= 4 is 11.7 Å². The van der Waals surface area contributed by atoms with E-state index in [4.69, 9.17) is 0 Å². The standard InChI is InChI=1S/C12H21NO2/c1-3-4-5-6-7-13-9-11(10(2)14)8-12(13)15/h11H,3-9H2,1-2H3. The summed E-state index contributed by atoms with van der Waals surface area (Å²) < 4.78 is 0. The molecular weight excluding hydrogens is 190 g/mol. The van der Waals surface area contributed by atoms with Crippen molar-refractivity contribution in [3.63, 3.8) is 0 Å². The van der Waals surface area contributed by atoms with Gasteiger partial charge in [0.2, 0.25) is 5.91 Å². The molecule has 1 aliphatic rings. The molecule has 1 fully saturated rings. The Morgan fingerprint density at radius 2 is 2.13 bits per heavy atom. The predicted octanol–water partition coefficient (Wildman–Crippen LogP) is 2.00. The fraction of sp³-hybridized carbons (Fsp3) is 0.833. The highest BCUT2D eigenvalue weighted by Gasteiger charge is 2.31. The maximum atomic E-state index is 11.5. The summed E-state index contributed by atoms with van der Waals surface area (Å²) in [6.45, 7) is 5.24. The molecule has 1 rings (SSSR count). The lowest BCUT2D eigenvalue weighted by Gasteiger charge is -2.15. The number of unbranched alkanes of at least 4 members (excludes halogenated alkanes) is 3. The van der Waals surface area contributed by atoms with Crippen LogP contribution in [0, 0.1) is 5.92 Å². The van der Waals surface area contributed by atoms with Crippen LogP contribution in [0.5, 0.6) is 0 Å². The third-order valence-corrected chi connectivity index (χ3v) is 3.07. The lowest BCUT2D eigenvalue weighted by atomic mass is 10.1. The molecule has 0 bridgehead atoms. The molecule has 1 unspecified atom stereocenters. The molecule has 15 heavy (non-hydrogen) atoms.